The van der Waals surface area contributed by atoms with Crippen molar-refractivity contribution in [1.29, 1.82) is 0 Å². The van der Waals surface area contributed by atoms with Crippen molar-refractivity contribution < 1.29 is 5.11 Å². The van der Waals surface area contributed by atoms with Gasteiger partial charge in [0.05, 0.1) is 12.1 Å². The summed E-state index contributed by atoms with van der Waals surface area (Å²) in [5.41, 5.74) is 0.752. The number of halogens is 1. The highest BCUT2D eigenvalue weighted by Gasteiger charge is 2.28. The highest BCUT2D eigenvalue weighted by molar-refractivity contribution is 9.10. The molecule has 0 radical (unpaired) electrons. The molecule has 0 aliphatic heterocycles. The zero-order valence-electron chi connectivity index (χ0n) is 10.9. The molecule has 19 heavy (non-hydrogen) atoms. The number of nitrogens with one attached hydrogen (secondary N) is 1. The van der Waals surface area contributed by atoms with Crippen LogP contribution in [0.2, 0.25) is 0 Å². The minimum atomic E-state index is -0.370. The van der Waals surface area contributed by atoms with E-state index in [0.29, 0.717) is 0 Å². The molecule has 0 bridgehead atoms. The van der Waals surface area contributed by atoms with Crippen molar-refractivity contribution in [3.63, 3.8) is 0 Å². The van der Waals surface area contributed by atoms with Crippen LogP contribution in [0.25, 0.3) is 0 Å². The summed E-state index contributed by atoms with van der Waals surface area (Å²) in [7, 11) is 0. The van der Waals surface area contributed by atoms with E-state index in [-0.39, 0.29) is 12.1 Å². The second-order valence-corrected chi connectivity index (χ2v) is 6.48. The Balaban J connectivity index is 2.19. The minimum Gasteiger partial charge on any atom is -0.394 e. The molecule has 0 spiro atoms. The monoisotopic (exact) mass is 339 g/mol. The molecule has 2 nitrogen and oxygen atoms in total. The molecular weight excluding hydrogens is 322 g/mol. The van der Waals surface area contributed by atoms with Gasteiger partial charge in [-0.25, -0.2) is 0 Å². The molecule has 0 fully saturated rings. The molecule has 0 saturated heterocycles. The molecule has 1 heterocycles. The first kappa shape index (κ1) is 14.7. The molecule has 1 unspecified atom stereocenters. The van der Waals surface area contributed by atoms with Gasteiger partial charge in [0.15, 0.2) is 0 Å². The van der Waals surface area contributed by atoms with E-state index in [1.807, 2.05) is 18.2 Å². The van der Waals surface area contributed by atoms with Crippen molar-refractivity contribution in [3.05, 3.63) is 56.7 Å². The molecule has 1 aromatic heterocycles. The molecule has 0 saturated carbocycles. The standard InChI is InChI=1S/C15H18BrNOS/c1-2-15(11-18,12-5-7-13(16)8-6-12)17-10-14-4-3-9-19-14/h3-9,17-18H,2,10-11H2,1H3. The summed E-state index contributed by atoms with van der Waals surface area (Å²) in [6.45, 7) is 2.97. The van der Waals surface area contributed by atoms with Gasteiger partial charge in [0.25, 0.3) is 0 Å². The molecule has 2 rings (SSSR count). The zero-order valence-corrected chi connectivity index (χ0v) is 13.3. The van der Waals surface area contributed by atoms with Crippen molar-refractivity contribution in [2.24, 2.45) is 0 Å². The third-order valence-corrected chi connectivity index (χ3v) is 4.86. The SMILES string of the molecule is CCC(CO)(NCc1cccs1)c1ccc(Br)cc1. The Morgan fingerprint density at radius 3 is 2.53 bits per heavy atom. The topological polar surface area (TPSA) is 32.3 Å². The van der Waals surface area contributed by atoms with Gasteiger partial charge in [0, 0.05) is 15.9 Å². The fourth-order valence-electron chi connectivity index (χ4n) is 2.13. The van der Waals surface area contributed by atoms with E-state index in [0.717, 1.165) is 23.0 Å². The Morgan fingerprint density at radius 1 is 1.26 bits per heavy atom. The smallest absolute Gasteiger partial charge is 0.0669 e. The van der Waals surface area contributed by atoms with Crippen LogP contribution in [-0.4, -0.2) is 11.7 Å². The maximum Gasteiger partial charge on any atom is 0.0669 e. The average Bonchev–Trinajstić information content (AvgIpc) is 2.95. The van der Waals surface area contributed by atoms with Crippen LogP contribution in [0.15, 0.2) is 46.3 Å². The quantitative estimate of drug-likeness (QED) is 0.836. The second-order valence-electron chi connectivity index (χ2n) is 4.53. The summed E-state index contributed by atoms with van der Waals surface area (Å²) in [6, 6.07) is 12.3. The van der Waals surface area contributed by atoms with Crippen molar-refractivity contribution in [1.82, 2.24) is 5.32 Å². The summed E-state index contributed by atoms with van der Waals surface area (Å²) in [5.74, 6) is 0. The van der Waals surface area contributed by atoms with Gasteiger partial charge < -0.3 is 10.4 Å². The highest BCUT2D eigenvalue weighted by Crippen LogP contribution is 2.27. The van der Waals surface area contributed by atoms with E-state index >= 15 is 0 Å². The lowest BCUT2D eigenvalue weighted by atomic mass is 9.88. The van der Waals surface area contributed by atoms with E-state index in [4.69, 9.17) is 0 Å². The third kappa shape index (κ3) is 3.45. The summed E-state index contributed by atoms with van der Waals surface area (Å²) in [6.07, 6.45) is 0.844. The number of aliphatic hydroxyl groups excluding tert-OH is 1. The maximum atomic E-state index is 9.86. The van der Waals surface area contributed by atoms with Gasteiger partial charge in [-0.05, 0) is 35.6 Å². The molecule has 0 amide bonds. The van der Waals surface area contributed by atoms with Crippen LogP contribution >= 0.6 is 27.3 Å². The molecule has 2 N–H and O–H groups in total. The Morgan fingerprint density at radius 2 is 2.00 bits per heavy atom. The summed E-state index contributed by atoms with van der Waals surface area (Å²) >= 11 is 5.18. The van der Waals surface area contributed by atoms with Crippen LogP contribution in [0, 0.1) is 0 Å². The van der Waals surface area contributed by atoms with Crippen molar-refractivity contribution in [2.75, 3.05) is 6.61 Å². The first-order chi connectivity index (χ1) is 9.20. The fraction of sp³-hybridized carbons (Fsp3) is 0.333. The minimum absolute atomic E-state index is 0.0938. The summed E-state index contributed by atoms with van der Waals surface area (Å²) in [4.78, 5) is 1.28. The van der Waals surface area contributed by atoms with Gasteiger partial charge in [0.1, 0.15) is 0 Å². The number of rotatable bonds is 6. The van der Waals surface area contributed by atoms with Crippen molar-refractivity contribution in [2.45, 2.75) is 25.4 Å². The molecule has 2 aromatic rings. The van der Waals surface area contributed by atoms with E-state index in [1.165, 1.54) is 4.88 Å². The lowest BCUT2D eigenvalue weighted by molar-refractivity contribution is 0.154. The summed E-state index contributed by atoms with van der Waals surface area (Å²) in [5, 5.41) is 15.4. The van der Waals surface area contributed by atoms with Gasteiger partial charge in [-0.1, -0.05) is 41.1 Å². The van der Waals surface area contributed by atoms with Gasteiger partial charge in [-0.3, -0.25) is 0 Å². The number of thiophene rings is 1. The van der Waals surface area contributed by atoms with Crippen LogP contribution < -0.4 is 5.32 Å². The molecule has 1 atom stereocenters. The van der Waals surface area contributed by atoms with Crippen LogP contribution in [0.3, 0.4) is 0 Å². The largest absolute Gasteiger partial charge is 0.394 e. The molecule has 102 valence electrons. The first-order valence-electron chi connectivity index (χ1n) is 6.34. The van der Waals surface area contributed by atoms with Crippen molar-refractivity contribution >= 4 is 27.3 Å². The van der Waals surface area contributed by atoms with Gasteiger partial charge in [-0.15, -0.1) is 11.3 Å². The predicted octanol–water partition coefficient (Wildman–Crippen LogP) is 3.90. The van der Waals surface area contributed by atoms with Crippen LogP contribution in [-0.2, 0) is 12.1 Å². The lowest BCUT2D eigenvalue weighted by Crippen LogP contribution is -2.44. The van der Waals surface area contributed by atoms with E-state index in [1.54, 1.807) is 11.3 Å². The lowest BCUT2D eigenvalue weighted by Gasteiger charge is -2.32. The number of hydrogen-bond donors (Lipinski definition) is 2. The maximum absolute atomic E-state index is 9.86. The van der Waals surface area contributed by atoms with E-state index in [2.05, 4.69) is 51.7 Å². The predicted molar refractivity (Wildman–Crippen MR) is 84.4 cm³/mol. The Kier molecular flexibility index (Phi) is 5.16. The number of hydrogen-bond acceptors (Lipinski definition) is 3. The highest BCUT2D eigenvalue weighted by atomic mass is 79.9. The normalized spacial score (nSPS) is 14.3. The number of aliphatic hydroxyl groups is 1. The van der Waals surface area contributed by atoms with E-state index in [9.17, 15) is 5.11 Å². The second kappa shape index (κ2) is 6.66. The zero-order chi connectivity index (χ0) is 13.7. The molecule has 0 aliphatic rings. The van der Waals surface area contributed by atoms with Crippen LogP contribution in [0.4, 0.5) is 0 Å². The Bertz CT molecular complexity index is 491. The van der Waals surface area contributed by atoms with Crippen molar-refractivity contribution in [3.8, 4) is 0 Å². The fourth-order valence-corrected chi connectivity index (χ4v) is 3.04. The first-order valence-corrected chi connectivity index (χ1v) is 8.02. The third-order valence-electron chi connectivity index (χ3n) is 3.45. The molecule has 4 heteroatoms. The van der Waals surface area contributed by atoms with Gasteiger partial charge >= 0.3 is 0 Å². The Labute approximate surface area is 126 Å². The number of benzene rings is 1. The molecular formula is C15H18BrNOS. The molecule has 0 aliphatic carbocycles. The van der Waals surface area contributed by atoms with Crippen LogP contribution in [0.5, 0.6) is 0 Å². The summed E-state index contributed by atoms with van der Waals surface area (Å²) < 4.78 is 1.05. The van der Waals surface area contributed by atoms with E-state index < -0.39 is 0 Å². The van der Waals surface area contributed by atoms with Crippen LogP contribution in [0.1, 0.15) is 23.8 Å². The molecule has 1 aromatic carbocycles. The Hall–Kier alpha value is -0.680. The average molecular weight is 340 g/mol. The van der Waals surface area contributed by atoms with Gasteiger partial charge in [0.2, 0.25) is 0 Å². The van der Waals surface area contributed by atoms with Gasteiger partial charge in [-0.2, -0.15) is 0 Å².